The number of anilines is 1. The zero-order valence-electron chi connectivity index (χ0n) is 13.8. The largest absolute Gasteiger partial charge is 0.396 e. The standard InChI is InChI=1S/C20H24N2O2/c23-15-16-7-6-12-22(13-16)14-20(24)21-19-11-5-4-10-18(19)17-8-2-1-3-9-17/h1-5,8-11,16,23H,6-7,12-15H2,(H,21,24). The van der Waals surface area contributed by atoms with Crippen molar-refractivity contribution in [3.63, 3.8) is 0 Å². The first kappa shape index (κ1) is 16.7. The lowest BCUT2D eigenvalue weighted by Gasteiger charge is -2.31. The number of piperidine rings is 1. The highest BCUT2D eigenvalue weighted by atomic mass is 16.3. The highest BCUT2D eigenvalue weighted by molar-refractivity contribution is 5.96. The molecule has 0 aliphatic carbocycles. The minimum atomic E-state index is -0.00280. The fourth-order valence-corrected chi connectivity index (χ4v) is 3.30. The summed E-state index contributed by atoms with van der Waals surface area (Å²) in [6.07, 6.45) is 2.09. The Morgan fingerprint density at radius 2 is 1.88 bits per heavy atom. The van der Waals surface area contributed by atoms with Crippen molar-refractivity contribution < 1.29 is 9.90 Å². The van der Waals surface area contributed by atoms with Crippen molar-refractivity contribution in [1.29, 1.82) is 0 Å². The van der Waals surface area contributed by atoms with E-state index in [-0.39, 0.29) is 12.5 Å². The first-order valence-electron chi connectivity index (χ1n) is 8.54. The van der Waals surface area contributed by atoms with E-state index in [0.717, 1.165) is 42.7 Å². The van der Waals surface area contributed by atoms with E-state index in [1.54, 1.807) is 0 Å². The van der Waals surface area contributed by atoms with Crippen LogP contribution in [0.5, 0.6) is 0 Å². The zero-order chi connectivity index (χ0) is 16.8. The van der Waals surface area contributed by atoms with Crippen molar-refractivity contribution in [2.45, 2.75) is 12.8 Å². The molecule has 24 heavy (non-hydrogen) atoms. The number of benzene rings is 2. The van der Waals surface area contributed by atoms with Crippen molar-refractivity contribution in [2.24, 2.45) is 5.92 Å². The van der Waals surface area contributed by atoms with E-state index < -0.39 is 0 Å². The van der Waals surface area contributed by atoms with Crippen molar-refractivity contribution in [3.8, 4) is 11.1 Å². The molecule has 0 aromatic heterocycles. The number of para-hydroxylation sites is 1. The fraction of sp³-hybridized carbons (Fsp3) is 0.350. The molecule has 2 aromatic carbocycles. The van der Waals surface area contributed by atoms with Crippen LogP contribution in [0.2, 0.25) is 0 Å². The summed E-state index contributed by atoms with van der Waals surface area (Å²) in [5.74, 6) is 0.292. The minimum absolute atomic E-state index is 0.00280. The Kier molecular flexibility index (Phi) is 5.62. The molecule has 0 saturated carbocycles. The maximum atomic E-state index is 12.4. The number of hydrogen-bond donors (Lipinski definition) is 2. The maximum absolute atomic E-state index is 12.4. The summed E-state index contributed by atoms with van der Waals surface area (Å²) in [7, 11) is 0. The lowest BCUT2D eigenvalue weighted by Crippen LogP contribution is -2.41. The monoisotopic (exact) mass is 324 g/mol. The summed E-state index contributed by atoms with van der Waals surface area (Å²) in [4.78, 5) is 14.6. The third kappa shape index (κ3) is 4.22. The Bertz CT molecular complexity index is 672. The van der Waals surface area contributed by atoms with Crippen molar-refractivity contribution >= 4 is 11.6 Å². The van der Waals surface area contributed by atoms with Crippen LogP contribution >= 0.6 is 0 Å². The van der Waals surface area contributed by atoms with Gasteiger partial charge in [-0.2, -0.15) is 0 Å². The Labute approximate surface area is 143 Å². The number of rotatable bonds is 5. The number of likely N-dealkylation sites (tertiary alicyclic amines) is 1. The third-order valence-corrected chi connectivity index (χ3v) is 4.51. The molecule has 4 nitrogen and oxygen atoms in total. The quantitative estimate of drug-likeness (QED) is 0.889. The molecule has 1 heterocycles. The summed E-state index contributed by atoms with van der Waals surface area (Å²) in [6.45, 7) is 2.29. The first-order chi connectivity index (χ1) is 11.8. The van der Waals surface area contributed by atoms with Gasteiger partial charge in [-0.25, -0.2) is 0 Å². The van der Waals surface area contributed by atoms with Gasteiger partial charge in [-0.3, -0.25) is 9.69 Å². The predicted octanol–water partition coefficient (Wildman–Crippen LogP) is 3.00. The fourth-order valence-electron chi connectivity index (χ4n) is 3.30. The summed E-state index contributed by atoms with van der Waals surface area (Å²) in [5.41, 5.74) is 2.95. The molecule has 0 radical (unpaired) electrons. The van der Waals surface area contributed by atoms with Gasteiger partial charge < -0.3 is 10.4 Å². The lowest BCUT2D eigenvalue weighted by atomic mass is 9.99. The molecule has 1 atom stereocenters. The van der Waals surface area contributed by atoms with Crippen LogP contribution in [-0.4, -0.2) is 42.2 Å². The number of nitrogens with one attached hydrogen (secondary N) is 1. The summed E-state index contributed by atoms with van der Waals surface area (Å²) >= 11 is 0. The van der Waals surface area contributed by atoms with Gasteiger partial charge in [0.2, 0.25) is 5.91 Å². The van der Waals surface area contributed by atoms with Gasteiger partial charge >= 0.3 is 0 Å². The van der Waals surface area contributed by atoms with E-state index in [0.29, 0.717) is 12.5 Å². The Balaban J connectivity index is 1.67. The average Bonchev–Trinajstić information content (AvgIpc) is 2.63. The topological polar surface area (TPSA) is 52.6 Å². The van der Waals surface area contributed by atoms with Gasteiger partial charge in [0.25, 0.3) is 0 Å². The van der Waals surface area contributed by atoms with Crippen LogP contribution in [0.4, 0.5) is 5.69 Å². The molecule has 1 aliphatic heterocycles. The molecule has 2 N–H and O–H groups in total. The molecule has 1 unspecified atom stereocenters. The molecule has 126 valence electrons. The summed E-state index contributed by atoms with van der Waals surface area (Å²) in [5, 5.41) is 12.4. The normalized spacial score (nSPS) is 18.3. The number of aliphatic hydroxyl groups is 1. The van der Waals surface area contributed by atoms with E-state index in [1.807, 2.05) is 54.6 Å². The second-order valence-electron chi connectivity index (χ2n) is 6.39. The molecule has 1 saturated heterocycles. The lowest BCUT2D eigenvalue weighted by molar-refractivity contribution is -0.117. The zero-order valence-corrected chi connectivity index (χ0v) is 13.8. The SMILES string of the molecule is O=C(CN1CCCC(CO)C1)Nc1ccccc1-c1ccccc1. The van der Waals surface area contributed by atoms with E-state index in [9.17, 15) is 9.90 Å². The number of amides is 1. The third-order valence-electron chi connectivity index (χ3n) is 4.51. The smallest absolute Gasteiger partial charge is 0.238 e. The van der Waals surface area contributed by atoms with Gasteiger partial charge in [-0.05, 0) is 36.9 Å². The molecule has 0 bridgehead atoms. The van der Waals surface area contributed by atoms with Gasteiger partial charge in [0.1, 0.15) is 0 Å². The van der Waals surface area contributed by atoms with Gasteiger partial charge in [0.15, 0.2) is 0 Å². The van der Waals surface area contributed by atoms with Gasteiger partial charge in [-0.1, -0.05) is 48.5 Å². The van der Waals surface area contributed by atoms with Crippen LogP contribution in [0.25, 0.3) is 11.1 Å². The van der Waals surface area contributed by atoms with Crippen LogP contribution in [0, 0.1) is 5.92 Å². The Morgan fingerprint density at radius 3 is 2.67 bits per heavy atom. The molecule has 1 amide bonds. The molecule has 1 aliphatic rings. The second-order valence-corrected chi connectivity index (χ2v) is 6.39. The van der Waals surface area contributed by atoms with Crippen LogP contribution < -0.4 is 5.32 Å². The molecule has 2 aromatic rings. The number of carbonyl (C=O) groups excluding carboxylic acids is 1. The van der Waals surface area contributed by atoms with Crippen LogP contribution in [0.3, 0.4) is 0 Å². The summed E-state index contributed by atoms with van der Waals surface area (Å²) < 4.78 is 0. The average molecular weight is 324 g/mol. The minimum Gasteiger partial charge on any atom is -0.396 e. The molecular weight excluding hydrogens is 300 g/mol. The molecule has 1 fully saturated rings. The molecule has 3 rings (SSSR count). The van der Waals surface area contributed by atoms with Crippen molar-refractivity contribution in [2.75, 3.05) is 31.6 Å². The van der Waals surface area contributed by atoms with E-state index >= 15 is 0 Å². The Morgan fingerprint density at radius 1 is 1.12 bits per heavy atom. The van der Waals surface area contributed by atoms with Gasteiger partial charge in [0.05, 0.1) is 6.54 Å². The molecule has 0 spiro atoms. The molecule has 4 heteroatoms. The van der Waals surface area contributed by atoms with E-state index in [4.69, 9.17) is 0 Å². The molecular formula is C20H24N2O2. The van der Waals surface area contributed by atoms with Gasteiger partial charge in [0, 0.05) is 24.4 Å². The van der Waals surface area contributed by atoms with Crippen LogP contribution in [0.1, 0.15) is 12.8 Å². The number of nitrogens with zero attached hydrogens (tertiary/aromatic N) is 1. The first-order valence-corrected chi connectivity index (χ1v) is 8.54. The van der Waals surface area contributed by atoms with Gasteiger partial charge in [-0.15, -0.1) is 0 Å². The van der Waals surface area contributed by atoms with E-state index in [2.05, 4.69) is 10.2 Å². The number of hydrogen-bond acceptors (Lipinski definition) is 3. The highest BCUT2D eigenvalue weighted by Gasteiger charge is 2.21. The summed E-state index contributed by atoms with van der Waals surface area (Å²) in [6, 6.07) is 17.9. The number of carbonyl (C=O) groups is 1. The van der Waals surface area contributed by atoms with Crippen molar-refractivity contribution in [1.82, 2.24) is 4.90 Å². The van der Waals surface area contributed by atoms with Crippen molar-refractivity contribution in [3.05, 3.63) is 54.6 Å². The van der Waals surface area contributed by atoms with Crippen LogP contribution in [0.15, 0.2) is 54.6 Å². The number of aliphatic hydroxyl groups excluding tert-OH is 1. The maximum Gasteiger partial charge on any atom is 0.238 e. The highest BCUT2D eigenvalue weighted by Crippen LogP contribution is 2.27. The predicted molar refractivity (Wildman–Crippen MR) is 96.8 cm³/mol. The van der Waals surface area contributed by atoms with Crippen LogP contribution in [-0.2, 0) is 4.79 Å². The Hall–Kier alpha value is -2.17. The second kappa shape index (κ2) is 8.08. The van der Waals surface area contributed by atoms with E-state index in [1.165, 1.54) is 0 Å².